The molecular weight excluding hydrogens is 279 g/mol. The van der Waals surface area contributed by atoms with Crippen LogP contribution < -0.4 is 0 Å². The molecule has 0 bridgehead atoms. The van der Waals surface area contributed by atoms with E-state index in [4.69, 9.17) is 0 Å². The zero-order valence-corrected chi connectivity index (χ0v) is 10.2. The Kier molecular flexibility index (Phi) is 3.76. The summed E-state index contributed by atoms with van der Waals surface area (Å²) in [6.45, 7) is 1.33. The van der Waals surface area contributed by atoms with Gasteiger partial charge in [-0.3, -0.25) is 0 Å². The molecule has 0 saturated heterocycles. The number of benzene rings is 2. The summed E-state index contributed by atoms with van der Waals surface area (Å²) in [7, 11) is 0. The Hall–Kier alpha value is -1.95. The number of aliphatic hydroxyl groups is 1. The Morgan fingerprint density at radius 2 is 1.40 bits per heavy atom. The zero-order chi connectivity index (χ0) is 15.0. The lowest BCUT2D eigenvalue weighted by atomic mass is 9.98. The maximum absolute atomic E-state index is 13.8. The lowest BCUT2D eigenvalue weighted by Crippen LogP contribution is -2.10. The number of halogens is 5. The van der Waals surface area contributed by atoms with Crippen molar-refractivity contribution in [1.82, 2.24) is 0 Å². The first kappa shape index (κ1) is 14.5. The highest BCUT2D eigenvalue weighted by Gasteiger charge is 2.26. The van der Waals surface area contributed by atoms with Crippen LogP contribution in [0.25, 0.3) is 0 Å². The van der Waals surface area contributed by atoms with Gasteiger partial charge in [0.1, 0.15) is 17.7 Å². The Morgan fingerprint density at radius 3 is 2.05 bits per heavy atom. The molecule has 0 fully saturated rings. The summed E-state index contributed by atoms with van der Waals surface area (Å²) in [5, 5.41) is 9.87. The Bertz CT molecular complexity index is 669. The van der Waals surface area contributed by atoms with E-state index in [2.05, 4.69) is 0 Å². The van der Waals surface area contributed by atoms with E-state index in [1.54, 1.807) is 0 Å². The fourth-order valence-electron chi connectivity index (χ4n) is 1.84. The summed E-state index contributed by atoms with van der Waals surface area (Å²) >= 11 is 0. The average molecular weight is 288 g/mol. The molecule has 0 spiro atoms. The van der Waals surface area contributed by atoms with Crippen LogP contribution in [0.1, 0.15) is 22.8 Å². The van der Waals surface area contributed by atoms with Gasteiger partial charge in [0.15, 0.2) is 17.5 Å². The molecule has 0 aliphatic heterocycles. The van der Waals surface area contributed by atoms with Crippen LogP contribution in [-0.2, 0) is 0 Å². The number of hydrogen-bond acceptors (Lipinski definition) is 1. The standard InChI is InChI=1S/C14H9F5O/c1-6-2-4-8(15)10(11(6)17)14(20)7-3-5-9(16)13(19)12(7)18/h2-5,14,20H,1H3. The first-order valence-corrected chi connectivity index (χ1v) is 5.60. The summed E-state index contributed by atoms with van der Waals surface area (Å²) in [6.07, 6.45) is -2.08. The van der Waals surface area contributed by atoms with Gasteiger partial charge in [0, 0.05) is 5.56 Å². The molecule has 0 amide bonds. The molecule has 0 aliphatic rings. The highest BCUT2D eigenvalue weighted by molar-refractivity contribution is 5.36. The van der Waals surface area contributed by atoms with Crippen molar-refractivity contribution in [3.63, 3.8) is 0 Å². The van der Waals surface area contributed by atoms with E-state index < -0.39 is 46.3 Å². The Morgan fingerprint density at radius 1 is 0.800 bits per heavy atom. The zero-order valence-electron chi connectivity index (χ0n) is 10.2. The molecular formula is C14H9F5O. The van der Waals surface area contributed by atoms with Gasteiger partial charge in [-0.1, -0.05) is 12.1 Å². The summed E-state index contributed by atoms with van der Waals surface area (Å²) in [4.78, 5) is 0. The maximum atomic E-state index is 13.8. The maximum Gasteiger partial charge on any atom is 0.194 e. The third-order valence-corrected chi connectivity index (χ3v) is 2.95. The van der Waals surface area contributed by atoms with Gasteiger partial charge in [0.05, 0.1) is 5.56 Å². The molecule has 1 N–H and O–H groups in total. The second-order valence-electron chi connectivity index (χ2n) is 4.26. The van der Waals surface area contributed by atoms with Gasteiger partial charge in [0.2, 0.25) is 0 Å². The van der Waals surface area contributed by atoms with Crippen LogP contribution in [0.5, 0.6) is 0 Å². The molecule has 20 heavy (non-hydrogen) atoms. The summed E-state index contributed by atoms with van der Waals surface area (Å²) in [5.41, 5.74) is -1.52. The van der Waals surface area contributed by atoms with Gasteiger partial charge in [0.25, 0.3) is 0 Å². The molecule has 106 valence electrons. The fourth-order valence-corrected chi connectivity index (χ4v) is 1.84. The van der Waals surface area contributed by atoms with Crippen molar-refractivity contribution in [3.8, 4) is 0 Å². The third kappa shape index (κ3) is 2.27. The minimum Gasteiger partial charge on any atom is -0.383 e. The lowest BCUT2D eigenvalue weighted by Gasteiger charge is -2.15. The van der Waals surface area contributed by atoms with Crippen LogP contribution in [0, 0.1) is 36.0 Å². The molecule has 2 rings (SSSR count). The molecule has 2 aromatic rings. The van der Waals surface area contributed by atoms with E-state index in [1.165, 1.54) is 6.92 Å². The normalized spacial score (nSPS) is 12.6. The van der Waals surface area contributed by atoms with Crippen molar-refractivity contribution in [1.29, 1.82) is 0 Å². The topological polar surface area (TPSA) is 20.2 Å². The molecule has 0 saturated carbocycles. The van der Waals surface area contributed by atoms with Gasteiger partial charge in [-0.05, 0) is 24.6 Å². The number of rotatable bonds is 2. The van der Waals surface area contributed by atoms with Crippen molar-refractivity contribution in [3.05, 3.63) is 70.0 Å². The van der Waals surface area contributed by atoms with E-state index in [0.717, 1.165) is 18.2 Å². The molecule has 0 heterocycles. The quantitative estimate of drug-likeness (QED) is 0.659. The Labute approximate surface area is 111 Å². The van der Waals surface area contributed by atoms with Crippen molar-refractivity contribution in [2.45, 2.75) is 13.0 Å². The van der Waals surface area contributed by atoms with Crippen LogP contribution in [0.15, 0.2) is 24.3 Å². The largest absolute Gasteiger partial charge is 0.383 e. The van der Waals surface area contributed by atoms with Crippen LogP contribution >= 0.6 is 0 Å². The fraction of sp³-hybridized carbons (Fsp3) is 0.143. The minimum atomic E-state index is -2.08. The van der Waals surface area contributed by atoms with Crippen LogP contribution in [-0.4, -0.2) is 5.11 Å². The number of hydrogen-bond donors (Lipinski definition) is 1. The van der Waals surface area contributed by atoms with Crippen molar-refractivity contribution in [2.24, 2.45) is 0 Å². The summed E-state index contributed by atoms with van der Waals surface area (Å²) in [5.74, 6) is -7.12. The minimum absolute atomic E-state index is 0.0310. The van der Waals surface area contributed by atoms with Gasteiger partial charge in [-0.25, -0.2) is 22.0 Å². The van der Waals surface area contributed by atoms with Gasteiger partial charge in [-0.15, -0.1) is 0 Å². The van der Waals surface area contributed by atoms with Gasteiger partial charge < -0.3 is 5.11 Å². The van der Waals surface area contributed by atoms with E-state index in [1.807, 2.05) is 0 Å². The SMILES string of the molecule is Cc1ccc(F)c(C(O)c2ccc(F)c(F)c2F)c1F. The molecule has 0 aliphatic carbocycles. The first-order valence-electron chi connectivity index (χ1n) is 5.60. The second kappa shape index (κ2) is 5.20. The molecule has 6 heteroatoms. The predicted octanol–water partition coefficient (Wildman–Crippen LogP) is 3.77. The molecule has 0 radical (unpaired) electrons. The van der Waals surface area contributed by atoms with Crippen LogP contribution in [0.2, 0.25) is 0 Å². The lowest BCUT2D eigenvalue weighted by molar-refractivity contribution is 0.201. The monoisotopic (exact) mass is 288 g/mol. The van der Waals surface area contributed by atoms with E-state index >= 15 is 0 Å². The van der Waals surface area contributed by atoms with Crippen molar-refractivity contribution in [2.75, 3.05) is 0 Å². The Balaban J connectivity index is 2.61. The molecule has 1 atom stereocenters. The highest BCUT2D eigenvalue weighted by Crippen LogP contribution is 2.31. The van der Waals surface area contributed by atoms with Crippen molar-refractivity contribution >= 4 is 0 Å². The second-order valence-corrected chi connectivity index (χ2v) is 4.26. The number of aryl methyl sites for hydroxylation is 1. The first-order chi connectivity index (χ1) is 9.34. The summed E-state index contributed by atoms with van der Waals surface area (Å²) in [6, 6.07) is 3.35. The third-order valence-electron chi connectivity index (χ3n) is 2.95. The highest BCUT2D eigenvalue weighted by atomic mass is 19.2. The summed E-state index contributed by atoms with van der Waals surface area (Å²) < 4.78 is 66.9. The molecule has 1 unspecified atom stereocenters. The average Bonchev–Trinajstić information content (AvgIpc) is 2.41. The van der Waals surface area contributed by atoms with Crippen LogP contribution in [0.3, 0.4) is 0 Å². The van der Waals surface area contributed by atoms with E-state index in [0.29, 0.717) is 6.07 Å². The van der Waals surface area contributed by atoms with Gasteiger partial charge >= 0.3 is 0 Å². The van der Waals surface area contributed by atoms with Crippen molar-refractivity contribution < 1.29 is 27.1 Å². The van der Waals surface area contributed by atoms with Crippen LogP contribution in [0.4, 0.5) is 22.0 Å². The van der Waals surface area contributed by atoms with E-state index in [-0.39, 0.29) is 5.56 Å². The number of aliphatic hydroxyl groups excluding tert-OH is 1. The smallest absolute Gasteiger partial charge is 0.194 e. The molecule has 0 aromatic heterocycles. The molecule has 1 nitrogen and oxygen atoms in total. The van der Waals surface area contributed by atoms with Gasteiger partial charge in [-0.2, -0.15) is 0 Å². The molecule has 2 aromatic carbocycles. The van der Waals surface area contributed by atoms with E-state index in [9.17, 15) is 27.1 Å². The predicted molar refractivity (Wildman–Crippen MR) is 61.5 cm³/mol.